The van der Waals surface area contributed by atoms with Gasteiger partial charge in [0.05, 0.1) is 13.7 Å². The summed E-state index contributed by atoms with van der Waals surface area (Å²) in [5.74, 6) is 1.15. The van der Waals surface area contributed by atoms with Crippen LogP contribution in [0.4, 0.5) is 0 Å². The Hall–Kier alpha value is -3.62. The summed E-state index contributed by atoms with van der Waals surface area (Å²) < 4.78 is 15.7. The van der Waals surface area contributed by atoms with E-state index in [9.17, 15) is 9.59 Å². The molecule has 0 radical (unpaired) electrons. The molecule has 29 heavy (non-hydrogen) atoms. The first-order valence-electron chi connectivity index (χ1n) is 9.02. The molecule has 0 aliphatic carbocycles. The molecule has 3 aromatic rings. The molecule has 0 fully saturated rings. The van der Waals surface area contributed by atoms with Crippen LogP contribution in [0.2, 0.25) is 0 Å². The van der Waals surface area contributed by atoms with Gasteiger partial charge in [-0.1, -0.05) is 5.16 Å². The number of benzene rings is 1. The lowest BCUT2D eigenvalue weighted by atomic mass is 10.2. The zero-order valence-electron chi connectivity index (χ0n) is 16.1. The van der Waals surface area contributed by atoms with Crippen molar-refractivity contribution < 1.29 is 28.4 Å². The normalized spacial score (nSPS) is 10.7. The molecule has 0 saturated carbocycles. The fourth-order valence-corrected chi connectivity index (χ4v) is 2.73. The zero-order valence-corrected chi connectivity index (χ0v) is 16.1. The second-order valence-corrected chi connectivity index (χ2v) is 6.36. The summed E-state index contributed by atoms with van der Waals surface area (Å²) >= 11 is 0. The summed E-state index contributed by atoms with van der Waals surface area (Å²) in [5, 5.41) is 15.7. The van der Waals surface area contributed by atoms with Crippen molar-refractivity contribution in [2.24, 2.45) is 0 Å². The third-order valence-electron chi connectivity index (χ3n) is 4.27. The lowest BCUT2D eigenvalue weighted by molar-refractivity contribution is -0.121. The number of furan rings is 1. The molecule has 9 heteroatoms. The van der Waals surface area contributed by atoms with Crippen LogP contribution in [0.3, 0.4) is 0 Å². The van der Waals surface area contributed by atoms with E-state index >= 15 is 0 Å². The minimum atomic E-state index is -1.06. The SMILES string of the molecule is COc1ccc(-c2noc(CCCC(=O)NCc3cc(C(=O)O)c(C)o3)n2)cc1. The standard InChI is InChI=1S/C20H21N3O6/c1-12-16(20(25)26)10-15(28-12)11-21-17(24)4-3-5-18-22-19(23-29-18)13-6-8-14(27-2)9-7-13/h6-10H,3-5,11H2,1-2H3,(H,21,24)(H,25,26). The van der Waals surface area contributed by atoms with Crippen molar-refractivity contribution in [3.8, 4) is 17.1 Å². The Kier molecular flexibility index (Phi) is 6.28. The number of carboxylic acids is 1. The number of carbonyl (C=O) groups is 2. The van der Waals surface area contributed by atoms with Gasteiger partial charge in [0.2, 0.25) is 17.6 Å². The van der Waals surface area contributed by atoms with E-state index in [2.05, 4.69) is 15.5 Å². The fourth-order valence-electron chi connectivity index (χ4n) is 2.73. The molecule has 0 unspecified atom stereocenters. The molecule has 0 aliphatic rings. The van der Waals surface area contributed by atoms with Crippen molar-refractivity contribution in [2.75, 3.05) is 7.11 Å². The molecule has 0 aliphatic heterocycles. The molecule has 3 rings (SSSR count). The number of aryl methyl sites for hydroxylation is 2. The fraction of sp³-hybridized carbons (Fsp3) is 0.300. The summed E-state index contributed by atoms with van der Waals surface area (Å²) in [5.41, 5.74) is 0.909. The average molecular weight is 399 g/mol. The number of carboxylic acid groups (broad SMARTS) is 1. The molecule has 9 nitrogen and oxygen atoms in total. The van der Waals surface area contributed by atoms with Gasteiger partial charge in [0, 0.05) is 18.4 Å². The first-order chi connectivity index (χ1) is 14.0. The molecule has 0 atom stereocenters. The number of aromatic carboxylic acids is 1. The van der Waals surface area contributed by atoms with E-state index in [0.717, 1.165) is 11.3 Å². The van der Waals surface area contributed by atoms with Crippen LogP contribution in [0.25, 0.3) is 11.4 Å². The quantitative estimate of drug-likeness (QED) is 0.562. The molecule has 152 valence electrons. The van der Waals surface area contributed by atoms with Crippen LogP contribution in [-0.2, 0) is 17.8 Å². The van der Waals surface area contributed by atoms with Gasteiger partial charge in [0.25, 0.3) is 0 Å². The number of methoxy groups -OCH3 is 1. The van der Waals surface area contributed by atoms with Gasteiger partial charge >= 0.3 is 5.97 Å². The maximum absolute atomic E-state index is 12.0. The highest BCUT2D eigenvalue weighted by atomic mass is 16.5. The maximum Gasteiger partial charge on any atom is 0.339 e. The van der Waals surface area contributed by atoms with Gasteiger partial charge in [-0.05, 0) is 43.7 Å². The van der Waals surface area contributed by atoms with Crippen LogP contribution in [0.1, 0.15) is 40.6 Å². The maximum atomic E-state index is 12.0. The number of aromatic nitrogens is 2. The number of carbonyl (C=O) groups excluding carboxylic acids is 1. The summed E-state index contributed by atoms with van der Waals surface area (Å²) in [6.45, 7) is 1.70. The van der Waals surface area contributed by atoms with E-state index in [1.165, 1.54) is 6.07 Å². The van der Waals surface area contributed by atoms with E-state index in [0.29, 0.717) is 36.1 Å². The Morgan fingerprint density at radius 2 is 2.00 bits per heavy atom. The van der Waals surface area contributed by atoms with Gasteiger partial charge in [0.1, 0.15) is 22.8 Å². The lowest BCUT2D eigenvalue weighted by Gasteiger charge is -2.02. The smallest absolute Gasteiger partial charge is 0.339 e. The molecule has 0 bridgehead atoms. The number of hydrogen-bond donors (Lipinski definition) is 2. The second kappa shape index (κ2) is 9.05. The summed E-state index contributed by atoms with van der Waals surface area (Å²) in [6.07, 6.45) is 1.28. The summed E-state index contributed by atoms with van der Waals surface area (Å²) in [7, 11) is 1.60. The van der Waals surface area contributed by atoms with E-state index in [4.69, 9.17) is 18.8 Å². The second-order valence-electron chi connectivity index (χ2n) is 6.36. The van der Waals surface area contributed by atoms with Gasteiger partial charge in [-0.3, -0.25) is 4.79 Å². The number of ether oxygens (including phenoxy) is 1. The Morgan fingerprint density at radius 1 is 1.24 bits per heavy atom. The van der Waals surface area contributed by atoms with Crippen LogP contribution in [0, 0.1) is 6.92 Å². The number of hydrogen-bond acceptors (Lipinski definition) is 7. The molecule has 1 aromatic carbocycles. The topological polar surface area (TPSA) is 128 Å². The minimum absolute atomic E-state index is 0.0957. The Balaban J connectivity index is 1.44. The zero-order chi connectivity index (χ0) is 20.8. The number of amides is 1. The van der Waals surface area contributed by atoms with Gasteiger partial charge < -0.3 is 24.1 Å². The minimum Gasteiger partial charge on any atom is -0.497 e. The average Bonchev–Trinajstić information content (AvgIpc) is 3.33. The molecular weight excluding hydrogens is 378 g/mol. The van der Waals surface area contributed by atoms with Gasteiger partial charge in [-0.2, -0.15) is 4.98 Å². The van der Waals surface area contributed by atoms with E-state index < -0.39 is 5.97 Å². The molecule has 0 spiro atoms. The van der Waals surface area contributed by atoms with Crippen LogP contribution in [-0.4, -0.2) is 34.2 Å². The third kappa shape index (κ3) is 5.22. The van der Waals surface area contributed by atoms with Crippen LogP contribution in [0.5, 0.6) is 5.75 Å². The monoisotopic (exact) mass is 399 g/mol. The van der Waals surface area contributed by atoms with Crippen LogP contribution in [0.15, 0.2) is 39.3 Å². The van der Waals surface area contributed by atoms with Crippen molar-refractivity contribution >= 4 is 11.9 Å². The molecule has 1 amide bonds. The number of nitrogens with zero attached hydrogens (tertiary/aromatic N) is 2. The Labute approximate surface area is 166 Å². The Bertz CT molecular complexity index is 990. The number of nitrogens with one attached hydrogen (secondary N) is 1. The number of rotatable bonds is 9. The van der Waals surface area contributed by atoms with Crippen molar-refractivity contribution in [1.29, 1.82) is 0 Å². The highest BCUT2D eigenvalue weighted by Crippen LogP contribution is 2.20. The first kappa shape index (κ1) is 20.1. The molecule has 2 N–H and O–H groups in total. The largest absolute Gasteiger partial charge is 0.497 e. The van der Waals surface area contributed by atoms with Crippen molar-refractivity contribution in [3.63, 3.8) is 0 Å². The summed E-state index contributed by atoms with van der Waals surface area (Å²) in [4.78, 5) is 27.3. The van der Waals surface area contributed by atoms with Crippen molar-refractivity contribution in [3.05, 3.63) is 53.3 Å². The predicted molar refractivity (Wildman–Crippen MR) is 101 cm³/mol. The molecule has 2 aromatic heterocycles. The lowest BCUT2D eigenvalue weighted by Crippen LogP contribution is -2.22. The van der Waals surface area contributed by atoms with Crippen LogP contribution >= 0.6 is 0 Å². The Morgan fingerprint density at radius 3 is 2.66 bits per heavy atom. The van der Waals surface area contributed by atoms with E-state index in [-0.39, 0.29) is 24.4 Å². The molecule has 2 heterocycles. The highest BCUT2D eigenvalue weighted by molar-refractivity contribution is 5.88. The third-order valence-corrected chi connectivity index (χ3v) is 4.27. The first-order valence-corrected chi connectivity index (χ1v) is 9.02. The van der Waals surface area contributed by atoms with Crippen molar-refractivity contribution in [1.82, 2.24) is 15.5 Å². The van der Waals surface area contributed by atoms with Gasteiger partial charge in [-0.15, -0.1) is 0 Å². The highest BCUT2D eigenvalue weighted by Gasteiger charge is 2.14. The molecule has 0 saturated heterocycles. The van der Waals surface area contributed by atoms with E-state index in [1.807, 2.05) is 24.3 Å². The van der Waals surface area contributed by atoms with E-state index in [1.54, 1.807) is 14.0 Å². The van der Waals surface area contributed by atoms with Gasteiger partial charge in [0.15, 0.2) is 0 Å². The molecular formula is C20H21N3O6. The van der Waals surface area contributed by atoms with Crippen LogP contribution < -0.4 is 10.1 Å². The van der Waals surface area contributed by atoms with Crippen molar-refractivity contribution in [2.45, 2.75) is 32.7 Å². The predicted octanol–water partition coefficient (Wildman–Crippen LogP) is 2.98. The summed E-state index contributed by atoms with van der Waals surface area (Å²) in [6, 6.07) is 8.72. The van der Waals surface area contributed by atoms with Gasteiger partial charge in [-0.25, -0.2) is 4.79 Å².